The van der Waals surface area contributed by atoms with Crippen molar-refractivity contribution < 1.29 is 9.90 Å². The van der Waals surface area contributed by atoms with E-state index in [2.05, 4.69) is 0 Å². The molecule has 0 aliphatic carbocycles. The number of aromatic hydroxyl groups is 1. The Balaban J connectivity index is 2.89. The van der Waals surface area contributed by atoms with Crippen molar-refractivity contribution in [3.05, 3.63) is 29.3 Å². The van der Waals surface area contributed by atoms with Crippen LogP contribution in [0.3, 0.4) is 0 Å². The second kappa shape index (κ2) is 6.40. The van der Waals surface area contributed by atoms with Crippen molar-refractivity contribution in [3.63, 3.8) is 0 Å². The number of benzene rings is 1. The van der Waals surface area contributed by atoms with Crippen LogP contribution in [-0.4, -0.2) is 35.5 Å². The van der Waals surface area contributed by atoms with Crippen LogP contribution >= 0.6 is 0 Å². The highest BCUT2D eigenvalue weighted by Gasteiger charge is 2.19. The average Bonchev–Trinajstić information content (AvgIpc) is 2.34. The third-order valence-corrected chi connectivity index (χ3v) is 2.99. The molecule has 18 heavy (non-hydrogen) atoms. The van der Waals surface area contributed by atoms with Crippen molar-refractivity contribution in [2.45, 2.75) is 20.8 Å². The molecule has 1 unspecified atom stereocenters. The van der Waals surface area contributed by atoms with Crippen LogP contribution in [0.2, 0.25) is 0 Å². The lowest BCUT2D eigenvalue weighted by Crippen LogP contribution is -2.36. The van der Waals surface area contributed by atoms with Gasteiger partial charge in [0.1, 0.15) is 5.75 Å². The van der Waals surface area contributed by atoms with Crippen molar-refractivity contribution in [2.24, 2.45) is 11.7 Å². The number of nitrogens with two attached hydrogens (primary N) is 1. The Morgan fingerprint density at radius 3 is 2.67 bits per heavy atom. The molecule has 4 nitrogen and oxygen atoms in total. The molecule has 1 aromatic carbocycles. The zero-order valence-electron chi connectivity index (χ0n) is 11.3. The van der Waals surface area contributed by atoms with Crippen LogP contribution in [0, 0.1) is 12.8 Å². The maximum Gasteiger partial charge on any atom is 0.257 e. The van der Waals surface area contributed by atoms with Gasteiger partial charge < -0.3 is 15.7 Å². The summed E-state index contributed by atoms with van der Waals surface area (Å²) >= 11 is 0. The van der Waals surface area contributed by atoms with Crippen molar-refractivity contribution >= 4 is 5.91 Å². The number of hydrogen-bond donors (Lipinski definition) is 2. The molecule has 0 aromatic heterocycles. The fourth-order valence-electron chi connectivity index (χ4n) is 1.80. The molecule has 0 aliphatic rings. The van der Waals surface area contributed by atoms with Crippen molar-refractivity contribution in [2.75, 3.05) is 19.6 Å². The SMILES string of the molecule is CCN(CC(C)CN)C(=O)c1ccc(C)cc1O. The third kappa shape index (κ3) is 3.47. The summed E-state index contributed by atoms with van der Waals surface area (Å²) in [7, 11) is 0. The first-order valence-corrected chi connectivity index (χ1v) is 6.28. The minimum Gasteiger partial charge on any atom is -0.507 e. The summed E-state index contributed by atoms with van der Waals surface area (Å²) in [6, 6.07) is 5.10. The highest BCUT2D eigenvalue weighted by molar-refractivity contribution is 5.96. The molecule has 100 valence electrons. The van der Waals surface area contributed by atoms with Crippen LogP contribution in [0.4, 0.5) is 0 Å². The molecule has 0 bridgehead atoms. The zero-order chi connectivity index (χ0) is 13.7. The molecule has 4 heteroatoms. The summed E-state index contributed by atoms with van der Waals surface area (Å²) in [6.07, 6.45) is 0. The van der Waals surface area contributed by atoms with Gasteiger partial charge in [-0.3, -0.25) is 4.79 Å². The van der Waals surface area contributed by atoms with Crippen molar-refractivity contribution in [1.29, 1.82) is 0 Å². The maximum atomic E-state index is 12.3. The van der Waals surface area contributed by atoms with E-state index in [0.29, 0.717) is 25.2 Å². The lowest BCUT2D eigenvalue weighted by Gasteiger charge is -2.24. The van der Waals surface area contributed by atoms with E-state index in [1.807, 2.05) is 26.8 Å². The molecule has 1 amide bonds. The topological polar surface area (TPSA) is 66.6 Å². The summed E-state index contributed by atoms with van der Waals surface area (Å²) in [6.45, 7) is 7.57. The molecule has 1 rings (SSSR count). The normalized spacial score (nSPS) is 12.2. The molecule has 3 N–H and O–H groups in total. The number of phenolic OH excluding ortho intramolecular Hbond substituents is 1. The Hall–Kier alpha value is -1.55. The first kappa shape index (κ1) is 14.5. The summed E-state index contributed by atoms with van der Waals surface area (Å²) in [5.41, 5.74) is 6.86. The van der Waals surface area contributed by atoms with Gasteiger partial charge in [0.15, 0.2) is 0 Å². The number of rotatable bonds is 5. The third-order valence-electron chi connectivity index (χ3n) is 2.99. The summed E-state index contributed by atoms with van der Waals surface area (Å²) in [5, 5.41) is 9.83. The summed E-state index contributed by atoms with van der Waals surface area (Å²) in [4.78, 5) is 14.0. The lowest BCUT2D eigenvalue weighted by atomic mass is 10.1. The van der Waals surface area contributed by atoms with Crippen LogP contribution in [0.15, 0.2) is 18.2 Å². The zero-order valence-corrected chi connectivity index (χ0v) is 11.3. The summed E-state index contributed by atoms with van der Waals surface area (Å²) in [5.74, 6) is 0.149. The van der Waals surface area contributed by atoms with Gasteiger partial charge >= 0.3 is 0 Å². The molecule has 0 saturated heterocycles. The van der Waals surface area contributed by atoms with Crippen LogP contribution in [0.5, 0.6) is 5.75 Å². The van der Waals surface area contributed by atoms with Crippen molar-refractivity contribution in [1.82, 2.24) is 4.90 Å². The van der Waals surface area contributed by atoms with E-state index in [1.54, 1.807) is 17.0 Å². The Morgan fingerprint density at radius 2 is 2.17 bits per heavy atom. The monoisotopic (exact) mass is 250 g/mol. The molecule has 0 heterocycles. The van der Waals surface area contributed by atoms with E-state index < -0.39 is 0 Å². The number of phenols is 1. The first-order chi connectivity index (χ1) is 8.49. The molecule has 1 atom stereocenters. The van der Waals surface area contributed by atoms with Gasteiger partial charge in [-0.2, -0.15) is 0 Å². The second-order valence-electron chi connectivity index (χ2n) is 4.71. The van der Waals surface area contributed by atoms with Crippen LogP contribution in [-0.2, 0) is 0 Å². The molecule has 0 spiro atoms. The van der Waals surface area contributed by atoms with Crippen LogP contribution in [0.1, 0.15) is 29.8 Å². The number of carbonyl (C=O) groups excluding carboxylic acids is 1. The molecule has 0 fully saturated rings. The Bertz CT molecular complexity index is 418. The van der Waals surface area contributed by atoms with E-state index in [-0.39, 0.29) is 17.6 Å². The standard InChI is InChI=1S/C14H22N2O2/c1-4-16(9-11(3)8-15)14(18)12-6-5-10(2)7-13(12)17/h5-7,11,17H,4,8-9,15H2,1-3H3. The number of aryl methyl sites for hydroxylation is 1. The first-order valence-electron chi connectivity index (χ1n) is 6.28. The second-order valence-corrected chi connectivity index (χ2v) is 4.71. The van der Waals surface area contributed by atoms with Crippen LogP contribution < -0.4 is 5.73 Å². The highest BCUT2D eigenvalue weighted by atomic mass is 16.3. The average molecular weight is 250 g/mol. The van der Waals surface area contributed by atoms with E-state index in [9.17, 15) is 9.90 Å². The van der Waals surface area contributed by atoms with Gasteiger partial charge in [0, 0.05) is 13.1 Å². The number of nitrogens with zero attached hydrogens (tertiary/aromatic N) is 1. The van der Waals surface area contributed by atoms with Gasteiger partial charge in [-0.15, -0.1) is 0 Å². The van der Waals surface area contributed by atoms with E-state index >= 15 is 0 Å². The number of carbonyl (C=O) groups is 1. The van der Waals surface area contributed by atoms with E-state index in [1.165, 1.54) is 0 Å². The maximum absolute atomic E-state index is 12.3. The van der Waals surface area contributed by atoms with Gasteiger partial charge in [0.25, 0.3) is 5.91 Å². The van der Waals surface area contributed by atoms with E-state index in [4.69, 9.17) is 5.73 Å². The fraction of sp³-hybridized carbons (Fsp3) is 0.500. The molecular weight excluding hydrogens is 228 g/mol. The summed E-state index contributed by atoms with van der Waals surface area (Å²) < 4.78 is 0. The Morgan fingerprint density at radius 1 is 1.50 bits per heavy atom. The van der Waals surface area contributed by atoms with Crippen LogP contribution in [0.25, 0.3) is 0 Å². The van der Waals surface area contributed by atoms with Crippen molar-refractivity contribution in [3.8, 4) is 5.75 Å². The minimum atomic E-state index is -0.143. The number of amides is 1. The predicted molar refractivity (Wildman–Crippen MR) is 72.6 cm³/mol. The molecular formula is C14H22N2O2. The van der Waals surface area contributed by atoms with Gasteiger partial charge in [0.2, 0.25) is 0 Å². The van der Waals surface area contributed by atoms with Gasteiger partial charge in [0.05, 0.1) is 5.56 Å². The highest BCUT2D eigenvalue weighted by Crippen LogP contribution is 2.20. The Labute approximate surface area is 108 Å². The largest absolute Gasteiger partial charge is 0.507 e. The van der Waals surface area contributed by atoms with Gasteiger partial charge in [-0.1, -0.05) is 13.0 Å². The predicted octanol–water partition coefficient (Wildman–Crippen LogP) is 1.76. The molecule has 0 saturated carbocycles. The van der Waals surface area contributed by atoms with Gasteiger partial charge in [-0.25, -0.2) is 0 Å². The Kier molecular flexibility index (Phi) is 5.16. The smallest absolute Gasteiger partial charge is 0.257 e. The fourth-order valence-corrected chi connectivity index (χ4v) is 1.80. The minimum absolute atomic E-state index is 0.0406. The quantitative estimate of drug-likeness (QED) is 0.836. The molecule has 0 aliphatic heterocycles. The molecule has 1 aromatic rings. The van der Waals surface area contributed by atoms with Gasteiger partial charge in [-0.05, 0) is 44.0 Å². The molecule has 0 radical (unpaired) electrons. The number of hydrogen-bond acceptors (Lipinski definition) is 3. The lowest BCUT2D eigenvalue weighted by molar-refractivity contribution is 0.0741. The van der Waals surface area contributed by atoms with E-state index in [0.717, 1.165) is 5.56 Å².